The molecule has 1 amide bonds. The van der Waals surface area contributed by atoms with E-state index in [0.717, 1.165) is 18.6 Å². The van der Waals surface area contributed by atoms with Crippen molar-refractivity contribution in [3.05, 3.63) is 30.1 Å². The van der Waals surface area contributed by atoms with Crippen molar-refractivity contribution in [1.82, 2.24) is 9.99 Å². The highest BCUT2D eigenvalue weighted by molar-refractivity contribution is 5.90. The van der Waals surface area contributed by atoms with Crippen LogP contribution in [-0.4, -0.2) is 26.7 Å². The second kappa shape index (κ2) is 3.88. The molecular formula is C13H15N3O2. The monoisotopic (exact) mass is 245 g/mol. The van der Waals surface area contributed by atoms with Crippen LogP contribution in [0, 0.1) is 5.92 Å². The third kappa shape index (κ3) is 1.71. The molecule has 1 aromatic heterocycles. The van der Waals surface area contributed by atoms with Gasteiger partial charge in [-0.2, -0.15) is 10.1 Å². The molecule has 0 aromatic carbocycles. The zero-order chi connectivity index (χ0) is 12.8. The fourth-order valence-electron chi connectivity index (χ4n) is 2.28. The Bertz CT molecular complexity index is 510. The minimum Gasteiger partial charge on any atom is -0.365 e. The minimum atomic E-state index is -1.36. The highest BCUT2D eigenvalue weighted by atomic mass is 16.3. The van der Waals surface area contributed by atoms with Crippen molar-refractivity contribution in [2.45, 2.75) is 31.9 Å². The van der Waals surface area contributed by atoms with Crippen LogP contribution in [0.5, 0.6) is 0 Å². The van der Waals surface area contributed by atoms with Crippen molar-refractivity contribution < 1.29 is 9.90 Å². The van der Waals surface area contributed by atoms with E-state index in [1.54, 1.807) is 24.5 Å². The fourth-order valence-corrected chi connectivity index (χ4v) is 2.28. The number of hydrogen-bond donors (Lipinski definition) is 1. The Labute approximate surface area is 105 Å². The number of amides is 1. The molecule has 0 saturated heterocycles. The van der Waals surface area contributed by atoms with Gasteiger partial charge in [-0.15, -0.1) is 0 Å². The van der Waals surface area contributed by atoms with Gasteiger partial charge in [0.1, 0.15) is 0 Å². The third-order valence-corrected chi connectivity index (χ3v) is 3.38. The van der Waals surface area contributed by atoms with Gasteiger partial charge in [0.25, 0.3) is 0 Å². The fraction of sp³-hybridized carbons (Fsp3) is 0.462. The average molecular weight is 245 g/mol. The molecule has 1 N–H and O–H groups in total. The normalized spacial score (nSPS) is 27.2. The molecule has 1 aliphatic heterocycles. The van der Waals surface area contributed by atoms with E-state index in [1.807, 2.05) is 6.92 Å². The SMILES string of the molecule is CC1=NN(C(=O)C2CC2)[C@@](O)(c2cccnc2)C1. The maximum Gasteiger partial charge on any atom is 0.248 e. The Hall–Kier alpha value is -1.75. The van der Waals surface area contributed by atoms with E-state index < -0.39 is 5.72 Å². The number of aromatic nitrogens is 1. The summed E-state index contributed by atoms with van der Waals surface area (Å²) >= 11 is 0. The molecule has 18 heavy (non-hydrogen) atoms. The van der Waals surface area contributed by atoms with Gasteiger partial charge < -0.3 is 5.11 Å². The van der Waals surface area contributed by atoms with Crippen molar-refractivity contribution in [3.63, 3.8) is 0 Å². The van der Waals surface area contributed by atoms with Crippen molar-refractivity contribution >= 4 is 11.6 Å². The van der Waals surface area contributed by atoms with Gasteiger partial charge in [-0.3, -0.25) is 9.78 Å². The van der Waals surface area contributed by atoms with Crippen LogP contribution in [-0.2, 0) is 10.5 Å². The molecule has 5 heteroatoms. The van der Waals surface area contributed by atoms with Gasteiger partial charge in [-0.1, -0.05) is 6.07 Å². The third-order valence-electron chi connectivity index (χ3n) is 3.38. The maximum atomic E-state index is 12.2. The summed E-state index contributed by atoms with van der Waals surface area (Å²) in [4.78, 5) is 16.2. The minimum absolute atomic E-state index is 0.0304. The van der Waals surface area contributed by atoms with Crippen LogP contribution in [0.4, 0.5) is 0 Å². The molecule has 1 aromatic rings. The lowest BCUT2D eigenvalue weighted by atomic mass is 9.99. The number of rotatable bonds is 2. The van der Waals surface area contributed by atoms with E-state index in [4.69, 9.17) is 0 Å². The summed E-state index contributed by atoms with van der Waals surface area (Å²) in [5.41, 5.74) is 0.00725. The van der Waals surface area contributed by atoms with E-state index >= 15 is 0 Å². The summed E-state index contributed by atoms with van der Waals surface area (Å²) in [7, 11) is 0. The van der Waals surface area contributed by atoms with Crippen molar-refractivity contribution in [2.75, 3.05) is 0 Å². The topological polar surface area (TPSA) is 65.8 Å². The van der Waals surface area contributed by atoms with Gasteiger partial charge in [0, 0.05) is 36.0 Å². The second-order valence-corrected chi connectivity index (χ2v) is 4.99. The molecule has 0 bridgehead atoms. The van der Waals surface area contributed by atoms with E-state index in [1.165, 1.54) is 5.01 Å². The van der Waals surface area contributed by atoms with Gasteiger partial charge in [-0.05, 0) is 25.8 Å². The van der Waals surface area contributed by atoms with Gasteiger partial charge in [0.05, 0.1) is 0 Å². The average Bonchev–Trinajstić information content (AvgIpc) is 3.16. The Morgan fingerprint density at radius 2 is 2.33 bits per heavy atom. The molecule has 0 unspecified atom stereocenters. The van der Waals surface area contributed by atoms with Gasteiger partial charge in [0.15, 0.2) is 5.72 Å². The smallest absolute Gasteiger partial charge is 0.248 e. The first-order valence-electron chi connectivity index (χ1n) is 6.12. The van der Waals surface area contributed by atoms with Crippen LogP contribution in [0.25, 0.3) is 0 Å². The number of hydrogen-bond acceptors (Lipinski definition) is 4. The van der Waals surface area contributed by atoms with Crippen LogP contribution in [0.15, 0.2) is 29.6 Å². The van der Waals surface area contributed by atoms with Gasteiger partial charge in [0.2, 0.25) is 5.91 Å². The molecule has 0 radical (unpaired) electrons. The number of nitrogens with zero attached hydrogens (tertiary/aromatic N) is 3. The number of carbonyl (C=O) groups excluding carboxylic acids is 1. The second-order valence-electron chi connectivity index (χ2n) is 4.99. The summed E-state index contributed by atoms with van der Waals surface area (Å²) in [6.45, 7) is 1.82. The molecule has 1 aliphatic carbocycles. The lowest BCUT2D eigenvalue weighted by Crippen LogP contribution is -2.44. The van der Waals surface area contributed by atoms with E-state index in [9.17, 15) is 9.90 Å². The predicted octanol–water partition coefficient (Wildman–Crippen LogP) is 1.24. The first-order chi connectivity index (χ1) is 8.61. The number of hydrazone groups is 1. The first kappa shape index (κ1) is 11.3. The van der Waals surface area contributed by atoms with Gasteiger partial charge in [-0.25, -0.2) is 0 Å². The molecule has 94 valence electrons. The van der Waals surface area contributed by atoms with Crippen LogP contribution >= 0.6 is 0 Å². The van der Waals surface area contributed by atoms with Gasteiger partial charge >= 0.3 is 0 Å². The largest absolute Gasteiger partial charge is 0.365 e. The highest BCUT2D eigenvalue weighted by Crippen LogP contribution is 2.40. The molecule has 1 fully saturated rings. The molecule has 1 saturated carbocycles. The summed E-state index contributed by atoms with van der Waals surface area (Å²) in [6, 6.07) is 3.52. The van der Waals surface area contributed by atoms with E-state index in [0.29, 0.717) is 12.0 Å². The molecule has 5 nitrogen and oxygen atoms in total. The number of aliphatic hydroxyl groups is 1. The van der Waals surface area contributed by atoms with Crippen molar-refractivity contribution in [2.24, 2.45) is 11.0 Å². The van der Waals surface area contributed by atoms with Crippen LogP contribution in [0.1, 0.15) is 31.7 Å². The Balaban J connectivity index is 1.97. The van der Waals surface area contributed by atoms with Crippen molar-refractivity contribution in [3.8, 4) is 0 Å². The summed E-state index contributed by atoms with van der Waals surface area (Å²) in [5, 5.41) is 16.2. The molecule has 1 atom stereocenters. The van der Waals surface area contributed by atoms with Crippen LogP contribution in [0.3, 0.4) is 0 Å². The van der Waals surface area contributed by atoms with Crippen LogP contribution in [0.2, 0.25) is 0 Å². The quantitative estimate of drug-likeness (QED) is 0.852. The molecular weight excluding hydrogens is 230 g/mol. The summed E-state index contributed by atoms with van der Waals surface area (Å²) in [6.07, 6.45) is 5.36. The first-order valence-corrected chi connectivity index (χ1v) is 6.12. The van der Waals surface area contributed by atoms with E-state index in [2.05, 4.69) is 10.1 Å². The zero-order valence-corrected chi connectivity index (χ0v) is 10.2. The molecule has 3 rings (SSSR count). The van der Waals surface area contributed by atoms with Crippen LogP contribution < -0.4 is 0 Å². The number of pyridine rings is 1. The number of carbonyl (C=O) groups is 1. The zero-order valence-electron chi connectivity index (χ0n) is 10.2. The van der Waals surface area contributed by atoms with E-state index in [-0.39, 0.29) is 11.8 Å². The lowest BCUT2D eigenvalue weighted by Gasteiger charge is -2.31. The Morgan fingerprint density at radius 1 is 1.56 bits per heavy atom. The lowest BCUT2D eigenvalue weighted by molar-refractivity contribution is -0.159. The molecule has 2 heterocycles. The van der Waals surface area contributed by atoms with Crippen molar-refractivity contribution in [1.29, 1.82) is 0 Å². The Morgan fingerprint density at radius 3 is 2.94 bits per heavy atom. The summed E-state index contributed by atoms with van der Waals surface area (Å²) in [5.74, 6) is -0.0546. The highest BCUT2D eigenvalue weighted by Gasteiger charge is 2.48. The Kier molecular flexibility index (Phi) is 2.45. The predicted molar refractivity (Wildman–Crippen MR) is 65.4 cm³/mol. The molecule has 0 spiro atoms. The summed E-state index contributed by atoms with van der Waals surface area (Å²) < 4.78 is 0. The molecule has 2 aliphatic rings. The maximum absolute atomic E-state index is 12.2. The standard InChI is InChI=1S/C13H15N3O2/c1-9-7-13(18,11-3-2-6-14-8-11)16(15-9)12(17)10-4-5-10/h2-3,6,8,10,18H,4-5,7H2,1H3/t13-/m0/s1.